The van der Waals surface area contributed by atoms with Gasteiger partial charge in [-0.25, -0.2) is 8.42 Å². The van der Waals surface area contributed by atoms with E-state index in [0.717, 1.165) is 18.5 Å². The third kappa shape index (κ3) is 4.80. The van der Waals surface area contributed by atoms with Gasteiger partial charge in [-0.2, -0.15) is 0 Å². The molecule has 0 aromatic heterocycles. The second kappa shape index (κ2) is 9.04. The standard InChI is InChI=1S/C23H25NO3S/c1-18(24-17-20-8-4-3-5-9-20)16-19-12-14-21(15-13-19)28(25,26)23-11-7-6-10-22(23)27-2/h3-15,18,24H,16-17H2,1-2H3/t18-/m1/s1. The molecule has 0 unspecified atom stereocenters. The van der Waals surface area contributed by atoms with Gasteiger partial charge >= 0.3 is 0 Å². The lowest BCUT2D eigenvalue weighted by atomic mass is 10.1. The van der Waals surface area contributed by atoms with Crippen LogP contribution >= 0.6 is 0 Å². The molecule has 3 aromatic rings. The smallest absolute Gasteiger partial charge is 0.210 e. The molecule has 28 heavy (non-hydrogen) atoms. The zero-order valence-electron chi connectivity index (χ0n) is 16.1. The van der Waals surface area contributed by atoms with E-state index in [0.29, 0.717) is 5.75 Å². The van der Waals surface area contributed by atoms with E-state index in [2.05, 4.69) is 24.4 Å². The summed E-state index contributed by atoms with van der Waals surface area (Å²) in [5, 5.41) is 3.50. The molecule has 0 radical (unpaired) electrons. The average Bonchev–Trinajstić information content (AvgIpc) is 2.73. The van der Waals surface area contributed by atoms with E-state index in [-0.39, 0.29) is 15.8 Å². The Labute approximate surface area is 167 Å². The first-order chi connectivity index (χ1) is 13.5. The second-order valence-electron chi connectivity index (χ2n) is 6.77. The lowest BCUT2D eigenvalue weighted by Gasteiger charge is -2.14. The van der Waals surface area contributed by atoms with Crippen LogP contribution in [0.4, 0.5) is 0 Å². The molecule has 1 N–H and O–H groups in total. The van der Waals surface area contributed by atoms with Gasteiger partial charge in [0.15, 0.2) is 0 Å². The second-order valence-corrected chi connectivity index (χ2v) is 8.69. The molecule has 1 atom stereocenters. The highest BCUT2D eigenvalue weighted by atomic mass is 32.2. The summed E-state index contributed by atoms with van der Waals surface area (Å²) in [6.07, 6.45) is 0.821. The van der Waals surface area contributed by atoms with Gasteiger partial charge in [-0.05, 0) is 48.7 Å². The first-order valence-corrected chi connectivity index (χ1v) is 10.7. The number of methoxy groups -OCH3 is 1. The monoisotopic (exact) mass is 395 g/mol. The van der Waals surface area contributed by atoms with Crippen LogP contribution in [0.25, 0.3) is 0 Å². The summed E-state index contributed by atoms with van der Waals surface area (Å²) in [6, 6.07) is 24.3. The van der Waals surface area contributed by atoms with Gasteiger partial charge in [0, 0.05) is 12.6 Å². The zero-order valence-corrected chi connectivity index (χ0v) is 16.9. The van der Waals surface area contributed by atoms with Crippen molar-refractivity contribution in [2.75, 3.05) is 7.11 Å². The Morgan fingerprint density at radius 1 is 0.857 bits per heavy atom. The normalized spacial score (nSPS) is 12.5. The van der Waals surface area contributed by atoms with Crippen molar-refractivity contribution in [1.29, 1.82) is 0 Å². The molecule has 0 bridgehead atoms. The topological polar surface area (TPSA) is 55.4 Å². The summed E-state index contributed by atoms with van der Waals surface area (Å²) in [7, 11) is -2.14. The van der Waals surface area contributed by atoms with Crippen molar-refractivity contribution < 1.29 is 13.2 Å². The highest BCUT2D eigenvalue weighted by molar-refractivity contribution is 7.91. The van der Waals surface area contributed by atoms with Gasteiger partial charge in [0.05, 0.1) is 12.0 Å². The van der Waals surface area contributed by atoms with Crippen LogP contribution in [0, 0.1) is 0 Å². The Morgan fingerprint density at radius 2 is 1.50 bits per heavy atom. The number of para-hydroxylation sites is 1. The van der Waals surface area contributed by atoms with E-state index in [1.54, 1.807) is 36.4 Å². The maximum absolute atomic E-state index is 12.9. The van der Waals surface area contributed by atoms with E-state index < -0.39 is 9.84 Å². The first-order valence-electron chi connectivity index (χ1n) is 9.25. The van der Waals surface area contributed by atoms with Crippen LogP contribution < -0.4 is 10.1 Å². The Hall–Kier alpha value is -2.63. The minimum absolute atomic E-state index is 0.183. The Bertz CT molecular complexity index is 1000. The van der Waals surface area contributed by atoms with Gasteiger partial charge in [-0.1, -0.05) is 54.6 Å². The fourth-order valence-corrected chi connectivity index (χ4v) is 4.51. The van der Waals surface area contributed by atoms with Gasteiger partial charge in [0.1, 0.15) is 10.6 Å². The van der Waals surface area contributed by atoms with Crippen LogP contribution in [0.3, 0.4) is 0 Å². The summed E-state index contributed by atoms with van der Waals surface area (Å²) in [4.78, 5) is 0.453. The Balaban J connectivity index is 1.67. The molecule has 146 valence electrons. The van der Waals surface area contributed by atoms with Crippen LogP contribution in [0.5, 0.6) is 5.75 Å². The number of benzene rings is 3. The third-order valence-electron chi connectivity index (χ3n) is 4.63. The van der Waals surface area contributed by atoms with Crippen LogP contribution in [0.2, 0.25) is 0 Å². The van der Waals surface area contributed by atoms with Crippen LogP contribution in [0.1, 0.15) is 18.1 Å². The van der Waals surface area contributed by atoms with E-state index in [4.69, 9.17) is 4.74 Å². The molecule has 4 nitrogen and oxygen atoms in total. The molecular formula is C23H25NO3S. The molecule has 0 aliphatic heterocycles. The third-order valence-corrected chi connectivity index (χ3v) is 6.44. The number of ether oxygens (including phenoxy) is 1. The molecule has 5 heteroatoms. The van der Waals surface area contributed by atoms with Gasteiger partial charge in [-0.3, -0.25) is 0 Å². The predicted molar refractivity (Wildman–Crippen MR) is 111 cm³/mol. The maximum Gasteiger partial charge on any atom is 0.210 e. The van der Waals surface area contributed by atoms with Crippen LogP contribution in [-0.4, -0.2) is 21.6 Å². The maximum atomic E-state index is 12.9. The van der Waals surface area contributed by atoms with E-state index >= 15 is 0 Å². The highest BCUT2D eigenvalue weighted by Gasteiger charge is 2.21. The van der Waals surface area contributed by atoms with Crippen LogP contribution in [-0.2, 0) is 22.8 Å². The Kier molecular flexibility index (Phi) is 6.49. The van der Waals surface area contributed by atoms with Crippen molar-refractivity contribution in [3.8, 4) is 5.75 Å². The van der Waals surface area contributed by atoms with E-state index in [1.807, 2.05) is 30.3 Å². The molecule has 0 saturated carbocycles. The molecule has 0 saturated heterocycles. The molecule has 0 spiro atoms. The van der Waals surface area contributed by atoms with Crippen molar-refractivity contribution >= 4 is 9.84 Å². The molecule has 0 amide bonds. The molecular weight excluding hydrogens is 370 g/mol. The fraction of sp³-hybridized carbons (Fsp3) is 0.217. The van der Waals surface area contributed by atoms with Crippen molar-refractivity contribution in [3.05, 3.63) is 90.0 Å². The summed E-state index contributed by atoms with van der Waals surface area (Å²) in [6.45, 7) is 2.94. The fourth-order valence-electron chi connectivity index (χ4n) is 3.09. The number of nitrogens with one attached hydrogen (secondary N) is 1. The van der Waals surface area contributed by atoms with Gasteiger partial charge < -0.3 is 10.1 Å². The van der Waals surface area contributed by atoms with Crippen molar-refractivity contribution in [3.63, 3.8) is 0 Å². The number of hydrogen-bond acceptors (Lipinski definition) is 4. The lowest BCUT2D eigenvalue weighted by Crippen LogP contribution is -2.27. The minimum Gasteiger partial charge on any atom is -0.495 e. The summed E-state index contributed by atoms with van der Waals surface area (Å²) in [5.41, 5.74) is 2.33. The molecule has 3 rings (SSSR count). The van der Waals surface area contributed by atoms with Gasteiger partial charge in [-0.15, -0.1) is 0 Å². The average molecular weight is 396 g/mol. The minimum atomic E-state index is -3.61. The van der Waals surface area contributed by atoms with Crippen molar-refractivity contribution in [2.45, 2.75) is 35.7 Å². The number of hydrogen-bond donors (Lipinski definition) is 1. The molecule has 0 fully saturated rings. The van der Waals surface area contributed by atoms with E-state index in [9.17, 15) is 8.42 Å². The zero-order chi connectivity index (χ0) is 20.0. The summed E-state index contributed by atoms with van der Waals surface area (Å²) in [5.74, 6) is 0.352. The van der Waals surface area contributed by atoms with E-state index in [1.165, 1.54) is 12.7 Å². The van der Waals surface area contributed by atoms with Gasteiger partial charge in [0.25, 0.3) is 0 Å². The summed E-state index contributed by atoms with van der Waals surface area (Å²) < 4.78 is 31.0. The summed E-state index contributed by atoms with van der Waals surface area (Å²) >= 11 is 0. The number of rotatable bonds is 8. The SMILES string of the molecule is COc1ccccc1S(=O)(=O)c1ccc(C[C@@H](C)NCc2ccccc2)cc1. The molecule has 0 aliphatic rings. The largest absolute Gasteiger partial charge is 0.495 e. The highest BCUT2D eigenvalue weighted by Crippen LogP contribution is 2.29. The van der Waals surface area contributed by atoms with Gasteiger partial charge in [0.2, 0.25) is 9.84 Å². The lowest BCUT2D eigenvalue weighted by molar-refractivity contribution is 0.402. The first kappa shape index (κ1) is 20.1. The Morgan fingerprint density at radius 3 is 2.18 bits per heavy atom. The van der Waals surface area contributed by atoms with Crippen molar-refractivity contribution in [2.24, 2.45) is 0 Å². The quantitative estimate of drug-likeness (QED) is 0.620. The molecule has 0 aliphatic carbocycles. The molecule has 3 aromatic carbocycles. The van der Waals surface area contributed by atoms with Crippen LogP contribution in [0.15, 0.2) is 88.7 Å². The number of sulfone groups is 1. The predicted octanol–water partition coefficient (Wildman–Crippen LogP) is 4.25. The van der Waals surface area contributed by atoms with Crippen molar-refractivity contribution in [1.82, 2.24) is 5.32 Å². The molecule has 0 heterocycles.